The third kappa shape index (κ3) is 4.03. The van der Waals surface area contributed by atoms with Gasteiger partial charge in [0.25, 0.3) is 0 Å². The minimum absolute atomic E-state index is 0.319. The number of benzene rings is 2. The van der Waals surface area contributed by atoms with Gasteiger partial charge in [-0.25, -0.2) is 9.37 Å². The number of hydrogen-bond donors (Lipinski definition) is 2. The van der Waals surface area contributed by atoms with Gasteiger partial charge >= 0.3 is 0 Å². The van der Waals surface area contributed by atoms with E-state index in [2.05, 4.69) is 20.6 Å². The normalized spacial score (nSPS) is 10.4. The molecule has 25 heavy (non-hydrogen) atoms. The van der Waals surface area contributed by atoms with Gasteiger partial charge in [-0.3, -0.25) is 0 Å². The van der Waals surface area contributed by atoms with Crippen LogP contribution >= 0.6 is 0 Å². The van der Waals surface area contributed by atoms with Gasteiger partial charge in [-0.2, -0.15) is 4.98 Å². The zero-order valence-electron chi connectivity index (χ0n) is 14.3. The van der Waals surface area contributed by atoms with Crippen LogP contribution in [-0.2, 0) is 0 Å². The summed E-state index contributed by atoms with van der Waals surface area (Å²) in [6, 6.07) is 14.1. The van der Waals surface area contributed by atoms with Crippen LogP contribution in [0, 0.1) is 19.7 Å². The second-order valence-corrected chi connectivity index (χ2v) is 5.65. The maximum absolute atomic E-state index is 13.8. The van der Waals surface area contributed by atoms with Gasteiger partial charge in [0.1, 0.15) is 17.4 Å². The lowest BCUT2D eigenvalue weighted by atomic mass is 10.2. The first-order valence-electron chi connectivity index (χ1n) is 7.84. The van der Waals surface area contributed by atoms with Gasteiger partial charge in [-0.05, 0) is 43.7 Å². The third-order valence-electron chi connectivity index (χ3n) is 3.59. The van der Waals surface area contributed by atoms with E-state index in [1.807, 2.05) is 38.1 Å². The molecule has 0 radical (unpaired) electrons. The van der Waals surface area contributed by atoms with Gasteiger partial charge in [-0.15, -0.1) is 0 Å². The predicted octanol–water partition coefficient (Wildman–Crippen LogP) is 4.73. The minimum atomic E-state index is -0.359. The summed E-state index contributed by atoms with van der Waals surface area (Å²) >= 11 is 0. The molecule has 0 spiro atoms. The molecule has 0 amide bonds. The Bertz CT molecular complexity index is 898. The molecule has 5 nitrogen and oxygen atoms in total. The van der Waals surface area contributed by atoms with E-state index in [1.165, 1.54) is 6.07 Å². The number of halogens is 1. The number of rotatable bonds is 5. The monoisotopic (exact) mass is 338 g/mol. The quantitative estimate of drug-likeness (QED) is 0.704. The summed E-state index contributed by atoms with van der Waals surface area (Å²) in [6.07, 6.45) is 0. The fraction of sp³-hybridized carbons (Fsp3) is 0.158. The molecule has 0 saturated carbocycles. The SMILES string of the molecule is COc1ccc(C)cc1Nc1cc(C)nc(Nc2ccccc2F)n1. The molecule has 1 heterocycles. The predicted molar refractivity (Wildman–Crippen MR) is 97.5 cm³/mol. The Morgan fingerprint density at radius 1 is 0.920 bits per heavy atom. The molecular formula is C19H19FN4O. The van der Waals surface area contributed by atoms with Crippen molar-refractivity contribution in [3.8, 4) is 5.75 Å². The molecule has 0 atom stereocenters. The van der Waals surface area contributed by atoms with Gasteiger partial charge in [0, 0.05) is 11.8 Å². The molecule has 0 bridgehead atoms. The minimum Gasteiger partial charge on any atom is -0.495 e. The lowest BCUT2D eigenvalue weighted by molar-refractivity contribution is 0.416. The molecule has 0 aliphatic carbocycles. The van der Waals surface area contributed by atoms with Crippen LogP contribution in [0.25, 0.3) is 0 Å². The lowest BCUT2D eigenvalue weighted by Gasteiger charge is -2.13. The van der Waals surface area contributed by atoms with Crippen LogP contribution in [0.4, 0.5) is 27.5 Å². The molecule has 0 saturated heterocycles. The Labute approximate surface area is 145 Å². The first kappa shape index (κ1) is 16.7. The fourth-order valence-electron chi connectivity index (χ4n) is 2.43. The van der Waals surface area contributed by atoms with E-state index in [0.29, 0.717) is 23.2 Å². The van der Waals surface area contributed by atoms with Gasteiger partial charge < -0.3 is 15.4 Å². The number of aryl methyl sites for hydroxylation is 2. The molecule has 0 aliphatic heterocycles. The Kier molecular flexibility index (Phi) is 4.79. The van der Waals surface area contributed by atoms with Gasteiger partial charge in [0.15, 0.2) is 0 Å². The molecule has 2 N–H and O–H groups in total. The van der Waals surface area contributed by atoms with Crippen LogP contribution in [0.3, 0.4) is 0 Å². The van der Waals surface area contributed by atoms with Crippen LogP contribution in [0.5, 0.6) is 5.75 Å². The molecule has 0 unspecified atom stereocenters. The number of nitrogens with zero attached hydrogens (tertiary/aromatic N) is 2. The van der Waals surface area contributed by atoms with E-state index in [1.54, 1.807) is 25.3 Å². The zero-order valence-corrected chi connectivity index (χ0v) is 14.3. The third-order valence-corrected chi connectivity index (χ3v) is 3.59. The number of ether oxygens (including phenoxy) is 1. The summed E-state index contributed by atoms with van der Waals surface area (Å²) in [6.45, 7) is 3.86. The first-order chi connectivity index (χ1) is 12.0. The van der Waals surface area contributed by atoms with Crippen LogP contribution in [0.1, 0.15) is 11.3 Å². The van der Waals surface area contributed by atoms with Crippen molar-refractivity contribution in [2.75, 3.05) is 17.7 Å². The van der Waals surface area contributed by atoms with Crippen molar-refractivity contribution in [3.05, 3.63) is 65.6 Å². The standard InChI is InChI=1S/C19H19FN4O/c1-12-8-9-17(25-3)16(10-12)22-18-11-13(2)21-19(24-18)23-15-7-5-4-6-14(15)20/h4-11H,1-3H3,(H2,21,22,23,24). The maximum Gasteiger partial charge on any atom is 0.229 e. The molecule has 3 rings (SSSR count). The van der Waals surface area contributed by atoms with Crippen molar-refractivity contribution in [3.63, 3.8) is 0 Å². The first-order valence-corrected chi connectivity index (χ1v) is 7.84. The Balaban J connectivity index is 1.90. The van der Waals surface area contributed by atoms with E-state index in [-0.39, 0.29) is 5.82 Å². The zero-order chi connectivity index (χ0) is 17.8. The lowest BCUT2D eigenvalue weighted by Crippen LogP contribution is -2.04. The van der Waals surface area contributed by atoms with Crippen LogP contribution in [0.15, 0.2) is 48.5 Å². The van der Waals surface area contributed by atoms with E-state index < -0.39 is 0 Å². The topological polar surface area (TPSA) is 59.1 Å². The highest BCUT2D eigenvalue weighted by molar-refractivity contribution is 5.66. The van der Waals surface area contributed by atoms with Crippen LogP contribution < -0.4 is 15.4 Å². The van der Waals surface area contributed by atoms with E-state index >= 15 is 0 Å². The van der Waals surface area contributed by atoms with Crippen molar-refractivity contribution >= 4 is 23.1 Å². The smallest absolute Gasteiger partial charge is 0.229 e. The summed E-state index contributed by atoms with van der Waals surface area (Å²) in [5, 5.41) is 6.15. The Hall–Kier alpha value is -3.15. The van der Waals surface area contributed by atoms with Gasteiger partial charge in [0.05, 0.1) is 18.5 Å². The number of anilines is 4. The van der Waals surface area contributed by atoms with Crippen molar-refractivity contribution in [2.45, 2.75) is 13.8 Å². The second-order valence-electron chi connectivity index (χ2n) is 5.65. The second kappa shape index (κ2) is 7.17. The molecule has 1 aromatic heterocycles. The molecule has 2 aromatic carbocycles. The molecule has 0 aliphatic rings. The number of nitrogens with one attached hydrogen (secondary N) is 2. The van der Waals surface area contributed by atoms with Crippen molar-refractivity contribution < 1.29 is 9.13 Å². The van der Waals surface area contributed by atoms with Crippen LogP contribution in [0.2, 0.25) is 0 Å². The molecule has 0 fully saturated rings. The van der Waals surface area contributed by atoms with E-state index in [9.17, 15) is 4.39 Å². The summed E-state index contributed by atoms with van der Waals surface area (Å²) < 4.78 is 19.2. The average Bonchev–Trinajstić information content (AvgIpc) is 2.57. The highest BCUT2D eigenvalue weighted by Gasteiger charge is 2.08. The van der Waals surface area contributed by atoms with Crippen molar-refractivity contribution in [2.24, 2.45) is 0 Å². The van der Waals surface area contributed by atoms with Gasteiger partial charge in [-0.1, -0.05) is 18.2 Å². The number of aromatic nitrogens is 2. The van der Waals surface area contributed by atoms with Crippen molar-refractivity contribution in [1.82, 2.24) is 9.97 Å². The van der Waals surface area contributed by atoms with Crippen LogP contribution in [-0.4, -0.2) is 17.1 Å². The van der Waals surface area contributed by atoms with Gasteiger partial charge in [0.2, 0.25) is 5.95 Å². The number of methoxy groups -OCH3 is 1. The van der Waals surface area contributed by atoms with E-state index in [0.717, 1.165) is 16.9 Å². The Morgan fingerprint density at radius 3 is 2.48 bits per heavy atom. The molecule has 128 valence electrons. The average molecular weight is 338 g/mol. The number of hydrogen-bond acceptors (Lipinski definition) is 5. The Morgan fingerprint density at radius 2 is 1.72 bits per heavy atom. The highest BCUT2D eigenvalue weighted by atomic mass is 19.1. The van der Waals surface area contributed by atoms with E-state index in [4.69, 9.17) is 4.74 Å². The summed E-state index contributed by atoms with van der Waals surface area (Å²) in [4.78, 5) is 8.73. The van der Waals surface area contributed by atoms with Crippen molar-refractivity contribution in [1.29, 1.82) is 0 Å². The number of para-hydroxylation sites is 1. The highest BCUT2D eigenvalue weighted by Crippen LogP contribution is 2.28. The summed E-state index contributed by atoms with van der Waals surface area (Å²) in [7, 11) is 1.62. The fourth-order valence-corrected chi connectivity index (χ4v) is 2.43. The molecule has 6 heteroatoms. The summed E-state index contributed by atoms with van der Waals surface area (Å²) in [5.74, 6) is 1.27. The maximum atomic E-state index is 13.8. The largest absolute Gasteiger partial charge is 0.495 e. The molecule has 3 aromatic rings. The molecular weight excluding hydrogens is 319 g/mol. The summed E-state index contributed by atoms with van der Waals surface area (Å²) in [5.41, 5.74) is 2.98.